The first-order chi connectivity index (χ1) is 9.74. The van der Waals surface area contributed by atoms with Crippen LogP contribution < -0.4 is 11.3 Å². The van der Waals surface area contributed by atoms with Crippen LogP contribution in [-0.4, -0.2) is 4.98 Å². The van der Waals surface area contributed by atoms with Crippen LogP contribution >= 0.6 is 0 Å². The van der Waals surface area contributed by atoms with Gasteiger partial charge in [0.2, 0.25) is 5.56 Å². The number of benzene rings is 1. The van der Waals surface area contributed by atoms with Crippen LogP contribution in [0.5, 0.6) is 0 Å². The van der Waals surface area contributed by atoms with Gasteiger partial charge in [0, 0.05) is 23.5 Å². The van der Waals surface area contributed by atoms with Crippen molar-refractivity contribution in [3.8, 4) is 11.1 Å². The van der Waals surface area contributed by atoms with Gasteiger partial charge in [-0.3, -0.25) is 4.79 Å². The van der Waals surface area contributed by atoms with Gasteiger partial charge in [0.1, 0.15) is 0 Å². The number of nitrogens with two attached hydrogens (primary N) is 1. The molecule has 0 amide bonds. The molecule has 0 atom stereocenters. The van der Waals surface area contributed by atoms with Crippen LogP contribution in [0.2, 0.25) is 0 Å². The topological polar surface area (TPSA) is 58.9 Å². The Bertz CT molecular complexity index is 713. The summed E-state index contributed by atoms with van der Waals surface area (Å²) in [6.07, 6.45) is 8.66. The van der Waals surface area contributed by atoms with Crippen molar-refractivity contribution in [2.45, 2.75) is 25.7 Å². The SMILES string of the molecule is Nc1ccc(-c2cc[nH]c(=O)c2)cc1C1=CCCCC1. The number of anilines is 1. The molecule has 0 bridgehead atoms. The van der Waals surface area contributed by atoms with Crippen molar-refractivity contribution in [2.24, 2.45) is 0 Å². The Morgan fingerprint density at radius 1 is 1.05 bits per heavy atom. The summed E-state index contributed by atoms with van der Waals surface area (Å²) in [7, 11) is 0. The minimum Gasteiger partial charge on any atom is -0.398 e. The number of nitrogens with one attached hydrogen (secondary N) is 1. The van der Waals surface area contributed by atoms with Crippen molar-refractivity contribution in [3.05, 3.63) is 58.5 Å². The second kappa shape index (κ2) is 5.37. The molecular weight excluding hydrogens is 248 g/mol. The maximum absolute atomic E-state index is 11.4. The number of H-pyrrole nitrogens is 1. The van der Waals surface area contributed by atoms with E-state index in [-0.39, 0.29) is 5.56 Å². The average molecular weight is 266 g/mol. The molecule has 1 aromatic carbocycles. The van der Waals surface area contributed by atoms with E-state index in [4.69, 9.17) is 5.73 Å². The average Bonchev–Trinajstić information content (AvgIpc) is 2.48. The van der Waals surface area contributed by atoms with Crippen molar-refractivity contribution in [1.29, 1.82) is 0 Å². The van der Waals surface area contributed by atoms with Crippen LogP contribution in [0.4, 0.5) is 5.69 Å². The Hall–Kier alpha value is -2.29. The summed E-state index contributed by atoms with van der Waals surface area (Å²) in [5.74, 6) is 0. The lowest BCUT2D eigenvalue weighted by Gasteiger charge is -2.16. The molecule has 3 rings (SSSR count). The van der Waals surface area contributed by atoms with Crippen molar-refractivity contribution < 1.29 is 0 Å². The summed E-state index contributed by atoms with van der Waals surface area (Å²) >= 11 is 0. The van der Waals surface area contributed by atoms with Gasteiger partial charge in [0.05, 0.1) is 0 Å². The van der Waals surface area contributed by atoms with Crippen LogP contribution in [0.25, 0.3) is 16.7 Å². The predicted octanol–water partition coefficient (Wildman–Crippen LogP) is 3.58. The number of nitrogen functional groups attached to an aromatic ring is 1. The minimum absolute atomic E-state index is 0.0854. The third kappa shape index (κ3) is 2.52. The fourth-order valence-electron chi connectivity index (χ4n) is 2.72. The van der Waals surface area contributed by atoms with E-state index in [9.17, 15) is 4.79 Å². The Kier molecular flexibility index (Phi) is 3.42. The highest BCUT2D eigenvalue weighted by molar-refractivity contribution is 5.80. The van der Waals surface area contributed by atoms with E-state index in [1.54, 1.807) is 12.3 Å². The molecule has 3 N–H and O–H groups in total. The monoisotopic (exact) mass is 266 g/mol. The molecular formula is C17H18N2O. The van der Waals surface area contributed by atoms with E-state index >= 15 is 0 Å². The molecule has 1 aliphatic carbocycles. The van der Waals surface area contributed by atoms with Gasteiger partial charge in [-0.25, -0.2) is 0 Å². The van der Waals surface area contributed by atoms with Crippen LogP contribution in [-0.2, 0) is 0 Å². The summed E-state index contributed by atoms with van der Waals surface area (Å²) in [5, 5.41) is 0. The summed E-state index contributed by atoms with van der Waals surface area (Å²) in [5.41, 5.74) is 11.2. The van der Waals surface area contributed by atoms with E-state index in [0.717, 1.165) is 35.2 Å². The molecule has 0 unspecified atom stereocenters. The van der Waals surface area contributed by atoms with Gasteiger partial charge >= 0.3 is 0 Å². The van der Waals surface area contributed by atoms with Crippen molar-refractivity contribution in [2.75, 3.05) is 5.73 Å². The minimum atomic E-state index is -0.0854. The maximum Gasteiger partial charge on any atom is 0.248 e. The summed E-state index contributed by atoms with van der Waals surface area (Å²) < 4.78 is 0. The molecule has 0 saturated carbocycles. The standard InChI is InChI=1S/C17H18N2O/c18-16-7-6-13(14-8-9-19-17(20)11-14)10-15(16)12-4-2-1-3-5-12/h4,6-11H,1-3,5,18H2,(H,19,20). The molecule has 1 heterocycles. The van der Waals surface area contributed by atoms with E-state index in [2.05, 4.69) is 17.1 Å². The van der Waals surface area contributed by atoms with Gasteiger partial charge < -0.3 is 10.7 Å². The number of allylic oxidation sites excluding steroid dienone is 2. The van der Waals surface area contributed by atoms with E-state index in [1.807, 2.05) is 18.2 Å². The molecule has 0 radical (unpaired) electrons. The smallest absolute Gasteiger partial charge is 0.248 e. The lowest BCUT2D eigenvalue weighted by molar-refractivity contribution is 0.742. The van der Waals surface area contributed by atoms with Gasteiger partial charge in [-0.05, 0) is 60.6 Å². The van der Waals surface area contributed by atoms with Gasteiger partial charge in [-0.2, -0.15) is 0 Å². The highest BCUT2D eigenvalue weighted by Crippen LogP contribution is 2.33. The number of hydrogen-bond donors (Lipinski definition) is 2. The van der Waals surface area contributed by atoms with E-state index in [1.165, 1.54) is 18.4 Å². The van der Waals surface area contributed by atoms with Gasteiger partial charge in [0.25, 0.3) is 0 Å². The summed E-state index contributed by atoms with van der Waals surface area (Å²) in [6, 6.07) is 9.52. The molecule has 0 spiro atoms. The van der Waals surface area contributed by atoms with Crippen LogP contribution in [0.15, 0.2) is 47.4 Å². The second-order valence-electron chi connectivity index (χ2n) is 5.22. The van der Waals surface area contributed by atoms with Crippen LogP contribution in [0.1, 0.15) is 31.2 Å². The molecule has 20 heavy (non-hydrogen) atoms. The molecule has 3 heteroatoms. The zero-order valence-electron chi connectivity index (χ0n) is 11.4. The maximum atomic E-state index is 11.4. The Morgan fingerprint density at radius 2 is 1.90 bits per heavy atom. The molecule has 1 aliphatic rings. The highest BCUT2D eigenvalue weighted by Gasteiger charge is 2.10. The molecule has 2 aromatic rings. The summed E-state index contributed by atoms with van der Waals surface area (Å²) in [4.78, 5) is 14.1. The lowest BCUT2D eigenvalue weighted by Crippen LogP contribution is -2.02. The first kappa shape index (κ1) is 12.7. The molecule has 1 aromatic heterocycles. The fourth-order valence-corrected chi connectivity index (χ4v) is 2.72. The van der Waals surface area contributed by atoms with Gasteiger partial charge in [0.15, 0.2) is 0 Å². The Labute approximate surface area is 118 Å². The molecule has 0 aliphatic heterocycles. The number of hydrogen-bond acceptors (Lipinski definition) is 2. The normalized spacial score (nSPS) is 14.9. The van der Waals surface area contributed by atoms with E-state index < -0.39 is 0 Å². The van der Waals surface area contributed by atoms with E-state index in [0.29, 0.717) is 0 Å². The zero-order chi connectivity index (χ0) is 13.9. The molecule has 0 fully saturated rings. The van der Waals surface area contributed by atoms with Gasteiger partial charge in [-0.1, -0.05) is 12.1 Å². The molecule has 3 nitrogen and oxygen atoms in total. The quantitative estimate of drug-likeness (QED) is 0.816. The predicted molar refractivity (Wildman–Crippen MR) is 83.4 cm³/mol. The number of rotatable bonds is 2. The van der Waals surface area contributed by atoms with Crippen molar-refractivity contribution in [1.82, 2.24) is 4.98 Å². The van der Waals surface area contributed by atoms with Crippen LogP contribution in [0, 0.1) is 0 Å². The third-order valence-electron chi connectivity index (χ3n) is 3.80. The number of aromatic nitrogens is 1. The Morgan fingerprint density at radius 3 is 2.65 bits per heavy atom. The molecule has 102 valence electrons. The first-order valence-electron chi connectivity index (χ1n) is 7.02. The second-order valence-corrected chi connectivity index (χ2v) is 5.22. The first-order valence-corrected chi connectivity index (χ1v) is 7.02. The lowest BCUT2D eigenvalue weighted by atomic mass is 9.91. The summed E-state index contributed by atoms with van der Waals surface area (Å²) in [6.45, 7) is 0. The Balaban J connectivity index is 2.06. The molecule has 0 saturated heterocycles. The fraction of sp³-hybridized carbons (Fsp3) is 0.235. The van der Waals surface area contributed by atoms with Gasteiger partial charge in [-0.15, -0.1) is 0 Å². The van der Waals surface area contributed by atoms with Crippen molar-refractivity contribution >= 4 is 11.3 Å². The van der Waals surface area contributed by atoms with Crippen LogP contribution in [0.3, 0.4) is 0 Å². The number of aromatic amines is 1. The zero-order valence-corrected chi connectivity index (χ0v) is 11.4. The highest BCUT2D eigenvalue weighted by atomic mass is 16.1. The largest absolute Gasteiger partial charge is 0.398 e. The number of pyridine rings is 1. The van der Waals surface area contributed by atoms with Crippen molar-refractivity contribution in [3.63, 3.8) is 0 Å². The third-order valence-corrected chi connectivity index (χ3v) is 3.80.